The Labute approximate surface area is 199 Å². The van der Waals surface area contributed by atoms with E-state index >= 15 is 0 Å². The number of anilines is 1. The number of hydrogen-bond acceptors (Lipinski definition) is 10. The summed E-state index contributed by atoms with van der Waals surface area (Å²) in [5, 5.41) is 18.8. The van der Waals surface area contributed by atoms with Gasteiger partial charge in [-0.1, -0.05) is 17.3 Å². The summed E-state index contributed by atoms with van der Waals surface area (Å²) in [6, 6.07) is 0. The molecule has 11 nitrogen and oxygen atoms in total. The summed E-state index contributed by atoms with van der Waals surface area (Å²) in [6.45, 7) is 5.62. The Bertz CT molecular complexity index is 1270. The first-order valence-corrected chi connectivity index (χ1v) is 11.4. The van der Waals surface area contributed by atoms with Crippen LogP contribution in [-0.4, -0.2) is 72.7 Å². The average Bonchev–Trinajstić information content (AvgIpc) is 3.44. The fourth-order valence-corrected chi connectivity index (χ4v) is 4.34. The van der Waals surface area contributed by atoms with Crippen molar-refractivity contribution in [2.24, 2.45) is 7.05 Å². The molecule has 0 spiro atoms. The Kier molecular flexibility index (Phi) is 8.12. The van der Waals surface area contributed by atoms with Crippen molar-refractivity contribution in [2.45, 2.75) is 29.1 Å². The normalized spacial score (nSPS) is 13.7. The Morgan fingerprint density at radius 3 is 2.56 bits per heavy atom. The van der Waals surface area contributed by atoms with Crippen molar-refractivity contribution in [1.82, 2.24) is 34.6 Å². The lowest BCUT2D eigenvalue weighted by Crippen LogP contribution is -2.44. The van der Waals surface area contributed by atoms with Gasteiger partial charge < -0.3 is 15.3 Å². The number of carboxylic acids is 1. The quantitative estimate of drug-likeness (QED) is 0.385. The summed E-state index contributed by atoms with van der Waals surface area (Å²) in [4.78, 5) is 33.5. The summed E-state index contributed by atoms with van der Waals surface area (Å²) >= 11 is 2.72. The van der Waals surface area contributed by atoms with Gasteiger partial charge in [-0.2, -0.15) is 18.2 Å². The number of hydrogen-bond donors (Lipinski definition) is 2. The first-order chi connectivity index (χ1) is 16.1. The number of rotatable bonds is 4. The van der Waals surface area contributed by atoms with Gasteiger partial charge in [0, 0.05) is 33.2 Å². The van der Waals surface area contributed by atoms with Crippen LogP contribution in [0.25, 0.3) is 11.2 Å². The molecule has 4 rings (SSSR count). The summed E-state index contributed by atoms with van der Waals surface area (Å²) in [5.41, 5.74) is 2.44. The molecule has 2 N–H and O–H groups in total. The van der Waals surface area contributed by atoms with E-state index in [4.69, 9.17) is 14.9 Å². The third kappa shape index (κ3) is 5.85. The van der Waals surface area contributed by atoms with Crippen molar-refractivity contribution in [2.75, 3.05) is 31.1 Å². The van der Waals surface area contributed by atoms with E-state index in [1.807, 2.05) is 4.57 Å². The molecule has 182 valence electrons. The molecule has 0 aliphatic carbocycles. The zero-order valence-corrected chi connectivity index (χ0v) is 19.6. The van der Waals surface area contributed by atoms with Crippen LogP contribution in [0.4, 0.5) is 19.1 Å². The molecule has 1 saturated heterocycles. The highest BCUT2D eigenvalue weighted by atomic mass is 32.2. The number of piperazine rings is 1. The lowest BCUT2D eigenvalue weighted by Gasteiger charge is -2.28. The van der Waals surface area contributed by atoms with Gasteiger partial charge in [0.15, 0.2) is 20.7 Å². The molecule has 0 atom stereocenters. The molecular weight excluding hydrogens is 497 g/mol. The van der Waals surface area contributed by atoms with Crippen molar-refractivity contribution in [3.8, 4) is 11.8 Å². The first kappa shape index (κ1) is 25.5. The monoisotopic (exact) mass is 516 g/mol. The first-order valence-electron chi connectivity index (χ1n) is 9.70. The zero-order chi connectivity index (χ0) is 24.9. The molecule has 0 unspecified atom stereocenters. The molecule has 0 bridgehead atoms. The maximum Gasteiger partial charge on any atom is 0.490 e. The summed E-state index contributed by atoms with van der Waals surface area (Å²) in [6.07, 6.45) is -5.08. The van der Waals surface area contributed by atoms with Crippen LogP contribution in [0.2, 0.25) is 0 Å². The van der Waals surface area contributed by atoms with Crippen molar-refractivity contribution in [1.29, 1.82) is 0 Å². The highest BCUT2D eigenvalue weighted by Gasteiger charge is 2.38. The molecule has 1 aliphatic rings. The molecule has 34 heavy (non-hydrogen) atoms. The molecule has 4 heterocycles. The number of halogens is 3. The van der Waals surface area contributed by atoms with Gasteiger partial charge in [-0.05, 0) is 18.7 Å². The van der Waals surface area contributed by atoms with E-state index in [0.717, 1.165) is 36.5 Å². The third-order valence-corrected chi connectivity index (χ3v) is 6.33. The molecule has 3 aromatic rings. The van der Waals surface area contributed by atoms with Crippen LogP contribution in [0.5, 0.6) is 0 Å². The van der Waals surface area contributed by atoms with Gasteiger partial charge in [0.25, 0.3) is 5.56 Å². The highest BCUT2D eigenvalue weighted by molar-refractivity contribution is 8.00. The van der Waals surface area contributed by atoms with Crippen LogP contribution in [-0.2, 0) is 18.4 Å². The number of nitrogens with zero attached hydrogens (tertiary/aromatic N) is 7. The van der Waals surface area contributed by atoms with Crippen LogP contribution in [0.3, 0.4) is 0 Å². The molecule has 1 fully saturated rings. The van der Waals surface area contributed by atoms with Crippen LogP contribution in [0.1, 0.15) is 6.92 Å². The average molecular weight is 517 g/mol. The number of aliphatic carboxylic acids is 1. The second-order valence-electron chi connectivity index (χ2n) is 6.70. The highest BCUT2D eigenvalue weighted by Crippen LogP contribution is 2.28. The summed E-state index contributed by atoms with van der Waals surface area (Å²) in [5.74, 6) is 3.94. The van der Waals surface area contributed by atoms with Crippen LogP contribution >= 0.6 is 23.1 Å². The van der Waals surface area contributed by atoms with Crippen molar-refractivity contribution >= 4 is 46.2 Å². The Morgan fingerprint density at radius 2 is 2.00 bits per heavy atom. The lowest BCUT2D eigenvalue weighted by molar-refractivity contribution is -0.192. The smallest absolute Gasteiger partial charge is 0.475 e. The van der Waals surface area contributed by atoms with Crippen LogP contribution in [0.15, 0.2) is 19.8 Å². The van der Waals surface area contributed by atoms with Gasteiger partial charge in [0.1, 0.15) is 5.51 Å². The third-order valence-electron chi connectivity index (χ3n) is 4.50. The Morgan fingerprint density at radius 1 is 1.32 bits per heavy atom. The van der Waals surface area contributed by atoms with Crippen molar-refractivity contribution < 1.29 is 23.1 Å². The molecule has 0 saturated carbocycles. The van der Waals surface area contributed by atoms with E-state index in [1.54, 1.807) is 19.5 Å². The zero-order valence-electron chi connectivity index (χ0n) is 18.0. The molecular formula is C18H19F3N8O3S2. The number of aromatic nitrogens is 6. The van der Waals surface area contributed by atoms with Crippen molar-refractivity contribution in [3.05, 3.63) is 15.9 Å². The van der Waals surface area contributed by atoms with Crippen molar-refractivity contribution in [3.63, 3.8) is 0 Å². The van der Waals surface area contributed by atoms with Gasteiger partial charge in [-0.25, -0.2) is 9.78 Å². The minimum Gasteiger partial charge on any atom is -0.475 e. The molecule has 0 amide bonds. The lowest BCUT2D eigenvalue weighted by atomic mass is 10.4. The molecule has 0 radical (unpaired) electrons. The fraction of sp³-hybridized carbons (Fsp3) is 0.444. The maximum absolute atomic E-state index is 13.1. The second kappa shape index (κ2) is 10.8. The molecule has 1 aliphatic heterocycles. The minimum atomic E-state index is -5.08. The summed E-state index contributed by atoms with van der Waals surface area (Å²) in [7, 11) is 1.71. The number of imidazole rings is 1. The number of nitrogens with one attached hydrogen (secondary N) is 1. The van der Waals surface area contributed by atoms with E-state index in [9.17, 15) is 18.0 Å². The van der Waals surface area contributed by atoms with E-state index in [-0.39, 0.29) is 5.56 Å². The van der Waals surface area contributed by atoms with Gasteiger partial charge in [0.2, 0.25) is 5.95 Å². The molecule has 3 aromatic heterocycles. The fourth-order valence-electron chi connectivity index (χ4n) is 2.92. The predicted octanol–water partition coefficient (Wildman–Crippen LogP) is 1.20. The molecule has 0 aromatic carbocycles. The van der Waals surface area contributed by atoms with Crippen LogP contribution in [0, 0.1) is 11.8 Å². The minimum absolute atomic E-state index is 0.140. The topological polar surface area (TPSA) is 131 Å². The molecule has 16 heteroatoms. The van der Waals surface area contributed by atoms with E-state index in [0.29, 0.717) is 22.9 Å². The van der Waals surface area contributed by atoms with E-state index < -0.39 is 12.1 Å². The summed E-state index contributed by atoms with van der Waals surface area (Å²) < 4.78 is 35.9. The van der Waals surface area contributed by atoms with Gasteiger partial charge in [-0.15, -0.1) is 16.1 Å². The van der Waals surface area contributed by atoms with Crippen LogP contribution < -0.4 is 15.8 Å². The maximum atomic E-state index is 13.1. The van der Waals surface area contributed by atoms with E-state index in [2.05, 4.69) is 37.2 Å². The Balaban J connectivity index is 0.000000406. The van der Waals surface area contributed by atoms with Gasteiger partial charge >= 0.3 is 12.1 Å². The number of alkyl halides is 3. The van der Waals surface area contributed by atoms with E-state index in [1.165, 1.54) is 27.7 Å². The standard InChI is InChI=1S/C16H18N8OS2.C2HF3O2/c1-3-4-7-24-11-12(19-14(24)23-8-5-17-6-9-23)20-15(22(2)13(11)25)27-16-21-18-10-26-16;3-2(4,5)1(6)7/h10,17H,5-9H2,1-2H3;(H,6,7). The Hall–Kier alpha value is -3.16. The predicted molar refractivity (Wildman–Crippen MR) is 119 cm³/mol. The SMILES string of the molecule is CC#CCn1c(N2CCNCC2)nc2nc(Sc3nncs3)n(C)c(=O)c21.O=C(O)C(F)(F)F. The largest absolute Gasteiger partial charge is 0.490 e. The van der Waals surface area contributed by atoms with Gasteiger partial charge in [-0.3, -0.25) is 13.9 Å². The second-order valence-corrected chi connectivity index (χ2v) is 8.75. The number of fused-ring (bicyclic) bond motifs is 1. The number of carbonyl (C=O) groups is 1. The number of carboxylic acid groups (broad SMARTS) is 1. The van der Waals surface area contributed by atoms with Gasteiger partial charge in [0.05, 0.1) is 6.54 Å².